The predicted molar refractivity (Wildman–Crippen MR) is 103 cm³/mol. The maximum absolute atomic E-state index is 12.9. The first-order valence-corrected chi connectivity index (χ1v) is 10.2. The molecule has 0 heterocycles. The van der Waals surface area contributed by atoms with Gasteiger partial charge in [-0.15, -0.1) is 0 Å². The number of sulfonamides is 1. The van der Waals surface area contributed by atoms with E-state index in [2.05, 4.69) is 10.8 Å². The summed E-state index contributed by atoms with van der Waals surface area (Å²) in [6.07, 6.45) is 1.76. The summed E-state index contributed by atoms with van der Waals surface area (Å²) in [6, 6.07) is 20.6. The Morgan fingerprint density at radius 3 is 2.46 bits per heavy atom. The number of aryl methyl sites for hydroxylation is 1. The van der Waals surface area contributed by atoms with E-state index in [1.807, 2.05) is 42.5 Å². The molecule has 0 saturated heterocycles. The summed E-state index contributed by atoms with van der Waals surface area (Å²) >= 11 is 0. The van der Waals surface area contributed by atoms with Crippen LogP contribution in [0.3, 0.4) is 0 Å². The Morgan fingerprint density at radius 2 is 1.62 bits per heavy atom. The van der Waals surface area contributed by atoms with Gasteiger partial charge in [0.1, 0.15) is 0 Å². The zero-order valence-corrected chi connectivity index (χ0v) is 15.2. The highest BCUT2D eigenvalue weighted by Gasteiger charge is 2.33. The van der Waals surface area contributed by atoms with E-state index in [1.54, 1.807) is 18.2 Å². The van der Waals surface area contributed by atoms with Crippen LogP contribution < -0.4 is 4.72 Å². The van der Waals surface area contributed by atoms with Gasteiger partial charge >= 0.3 is 0 Å². The summed E-state index contributed by atoms with van der Waals surface area (Å²) in [7, 11) is -3.71. The molecule has 5 heteroatoms. The maximum atomic E-state index is 12.9. The molecule has 0 radical (unpaired) electrons. The molecule has 0 bridgehead atoms. The monoisotopic (exact) mass is 367 g/mol. The highest BCUT2D eigenvalue weighted by atomic mass is 32.2. The van der Waals surface area contributed by atoms with Crippen LogP contribution in [0.15, 0.2) is 71.6 Å². The van der Waals surface area contributed by atoms with E-state index in [9.17, 15) is 13.5 Å². The van der Waals surface area contributed by atoms with Crippen molar-refractivity contribution in [3.8, 4) is 0 Å². The van der Waals surface area contributed by atoms with Crippen LogP contribution >= 0.6 is 0 Å². The molecule has 1 unspecified atom stereocenters. The van der Waals surface area contributed by atoms with Crippen LogP contribution in [-0.2, 0) is 22.9 Å². The van der Waals surface area contributed by atoms with Gasteiger partial charge in [-0.25, -0.2) is 13.1 Å². The fourth-order valence-corrected chi connectivity index (χ4v) is 5.02. The zero-order valence-electron chi connectivity index (χ0n) is 14.4. The number of aliphatic hydroxyl groups is 1. The standard InChI is InChI=1S/C21H21NO3S/c23-21(13-12-16-6-1-2-8-18(16)14-21)15-22-26(24,25)20-11-5-9-17-7-3-4-10-19(17)20/h1-11,22-23H,12-15H2. The molecule has 2 N–H and O–H groups in total. The fourth-order valence-electron chi connectivity index (χ4n) is 3.67. The summed E-state index contributed by atoms with van der Waals surface area (Å²) in [5, 5.41) is 12.5. The third-order valence-corrected chi connectivity index (χ3v) is 6.59. The fraction of sp³-hybridized carbons (Fsp3) is 0.238. The van der Waals surface area contributed by atoms with Gasteiger partial charge in [0.15, 0.2) is 0 Å². The normalized spacial score (nSPS) is 20.0. The molecule has 26 heavy (non-hydrogen) atoms. The summed E-state index contributed by atoms with van der Waals surface area (Å²) in [5.74, 6) is 0. The first kappa shape index (κ1) is 17.2. The van der Waals surface area contributed by atoms with E-state index in [0.717, 1.165) is 17.4 Å². The van der Waals surface area contributed by atoms with E-state index in [-0.39, 0.29) is 11.4 Å². The van der Waals surface area contributed by atoms with Crippen molar-refractivity contribution < 1.29 is 13.5 Å². The second kappa shape index (κ2) is 6.50. The van der Waals surface area contributed by atoms with Crippen LogP contribution in [0.25, 0.3) is 10.8 Å². The Morgan fingerprint density at radius 1 is 0.923 bits per heavy atom. The maximum Gasteiger partial charge on any atom is 0.241 e. The number of rotatable bonds is 4. The van der Waals surface area contributed by atoms with Crippen LogP contribution in [-0.4, -0.2) is 25.7 Å². The lowest BCUT2D eigenvalue weighted by Gasteiger charge is -2.33. The van der Waals surface area contributed by atoms with E-state index in [1.165, 1.54) is 5.56 Å². The molecule has 1 aliphatic rings. The average Bonchev–Trinajstić information content (AvgIpc) is 2.66. The molecule has 4 rings (SSSR count). The molecule has 0 amide bonds. The van der Waals surface area contributed by atoms with Crippen molar-refractivity contribution in [2.45, 2.75) is 29.8 Å². The second-order valence-electron chi connectivity index (χ2n) is 6.97. The van der Waals surface area contributed by atoms with Gasteiger partial charge in [-0.1, -0.05) is 60.7 Å². The summed E-state index contributed by atoms with van der Waals surface area (Å²) < 4.78 is 28.3. The Labute approximate surface area is 153 Å². The van der Waals surface area contributed by atoms with Gasteiger partial charge < -0.3 is 5.11 Å². The topological polar surface area (TPSA) is 66.4 Å². The van der Waals surface area contributed by atoms with Crippen molar-refractivity contribution >= 4 is 20.8 Å². The van der Waals surface area contributed by atoms with E-state index < -0.39 is 15.6 Å². The average molecular weight is 367 g/mol. The summed E-state index contributed by atoms with van der Waals surface area (Å²) in [5.41, 5.74) is 1.26. The quantitative estimate of drug-likeness (QED) is 0.745. The van der Waals surface area contributed by atoms with Crippen molar-refractivity contribution in [2.24, 2.45) is 0 Å². The third kappa shape index (κ3) is 3.26. The number of hydrogen-bond donors (Lipinski definition) is 2. The Hall–Kier alpha value is -2.21. The van der Waals surface area contributed by atoms with Crippen LogP contribution in [0.4, 0.5) is 0 Å². The number of benzene rings is 3. The minimum absolute atomic E-state index is 0.00683. The van der Waals surface area contributed by atoms with Crippen molar-refractivity contribution in [2.75, 3.05) is 6.54 Å². The van der Waals surface area contributed by atoms with E-state index in [4.69, 9.17) is 0 Å². The predicted octanol–water partition coefficient (Wildman–Crippen LogP) is 3.04. The number of hydrogen-bond acceptors (Lipinski definition) is 3. The molecule has 0 fully saturated rings. The molecule has 1 aliphatic carbocycles. The lowest BCUT2D eigenvalue weighted by atomic mass is 9.80. The highest BCUT2D eigenvalue weighted by Crippen LogP contribution is 2.29. The first-order chi connectivity index (χ1) is 12.5. The Bertz CT molecular complexity index is 1060. The first-order valence-electron chi connectivity index (χ1n) is 8.74. The van der Waals surface area contributed by atoms with Crippen molar-refractivity contribution in [1.29, 1.82) is 0 Å². The SMILES string of the molecule is O=S(=O)(NCC1(O)CCc2ccccc2C1)c1cccc2ccccc12. The Balaban J connectivity index is 1.57. The van der Waals surface area contributed by atoms with Gasteiger partial charge in [-0.2, -0.15) is 0 Å². The lowest BCUT2D eigenvalue weighted by Crippen LogP contribution is -2.46. The molecule has 3 aromatic rings. The van der Waals surface area contributed by atoms with Crippen molar-refractivity contribution in [3.63, 3.8) is 0 Å². The second-order valence-corrected chi connectivity index (χ2v) is 8.71. The van der Waals surface area contributed by atoms with E-state index in [0.29, 0.717) is 18.2 Å². The van der Waals surface area contributed by atoms with Crippen LogP contribution in [0.2, 0.25) is 0 Å². The molecule has 0 aromatic heterocycles. The summed E-state index contributed by atoms with van der Waals surface area (Å²) in [6.45, 7) is 0.00683. The van der Waals surface area contributed by atoms with E-state index >= 15 is 0 Å². The molecule has 4 nitrogen and oxygen atoms in total. The van der Waals surface area contributed by atoms with Crippen LogP contribution in [0.1, 0.15) is 17.5 Å². The van der Waals surface area contributed by atoms with Crippen molar-refractivity contribution in [3.05, 3.63) is 77.9 Å². The number of nitrogens with one attached hydrogen (secondary N) is 1. The van der Waals surface area contributed by atoms with Gasteiger partial charge in [0, 0.05) is 18.4 Å². The molecular formula is C21H21NO3S. The molecular weight excluding hydrogens is 346 g/mol. The molecule has 1 atom stereocenters. The minimum Gasteiger partial charge on any atom is -0.388 e. The molecule has 0 spiro atoms. The third-order valence-electron chi connectivity index (χ3n) is 5.13. The lowest BCUT2D eigenvalue weighted by molar-refractivity contribution is 0.0317. The zero-order chi connectivity index (χ0) is 18.2. The molecule has 3 aromatic carbocycles. The molecule has 0 aliphatic heterocycles. The van der Waals surface area contributed by atoms with Crippen LogP contribution in [0, 0.1) is 0 Å². The summed E-state index contributed by atoms with van der Waals surface area (Å²) in [4.78, 5) is 0.246. The minimum atomic E-state index is -3.71. The van der Waals surface area contributed by atoms with Gasteiger partial charge in [-0.3, -0.25) is 0 Å². The molecule has 134 valence electrons. The highest BCUT2D eigenvalue weighted by molar-refractivity contribution is 7.89. The van der Waals surface area contributed by atoms with Gasteiger partial charge in [-0.05, 0) is 35.4 Å². The van der Waals surface area contributed by atoms with Gasteiger partial charge in [0.25, 0.3) is 0 Å². The largest absolute Gasteiger partial charge is 0.388 e. The molecule has 0 saturated carbocycles. The number of fused-ring (bicyclic) bond motifs is 2. The van der Waals surface area contributed by atoms with Gasteiger partial charge in [0.2, 0.25) is 10.0 Å². The van der Waals surface area contributed by atoms with Gasteiger partial charge in [0.05, 0.1) is 10.5 Å². The van der Waals surface area contributed by atoms with Crippen LogP contribution in [0.5, 0.6) is 0 Å². The van der Waals surface area contributed by atoms with Crippen molar-refractivity contribution in [1.82, 2.24) is 4.72 Å². The Kier molecular flexibility index (Phi) is 4.31. The smallest absolute Gasteiger partial charge is 0.241 e.